The Balaban J connectivity index is 2.37. The van der Waals surface area contributed by atoms with Crippen LogP contribution in [0.25, 0.3) is 0 Å². The van der Waals surface area contributed by atoms with Gasteiger partial charge in [0.25, 0.3) is 0 Å². The molecule has 0 saturated carbocycles. The van der Waals surface area contributed by atoms with Gasteiger partial charge in [-0.2, -0.15) is 0 Å². The second-order valence-corrected chi connectivity index (χ2v) is 5.11. The van der Waals surface area contributed by atoms with E-state index >= 15 is 0 Å². The van der Waals surface area contributed by atoms with E-state index in [1.165, 1.54) is 0 Å². The quantitative estimate of drug-likeness (QED) is 0.780. The highest BCUT2D eigenvalue weighted by Crippen LogP contribution is 2.09. The van der Waals surface area contributed by atoms with E-state index in [1.54, 1.807) is 11.8 Å². The minimum atomic E-state index is -0.949. The molecule has 2 N–H and O–H groups in total. The van der Waals surface area contributed by atoms with Crippen LogP contribution in [0.15, 0.2) is 0 Å². The first-order chi connectivity index (χ1) is 9.42. The van der Waals surface area contributed by atoms with Crippen LogP contribution in [0.2, 0.25) is 0 Å². The van der Waals surface area contributed by atoms with Gasteiger partial charge in [-0.05, 0) is 12.3 Å². The second-order valence-electron chi connectivity index (χ2n) is 5.11. The first-order valence-electron chi connectivity index (χ1n) is 6.84. The number of nitrogens with one attached hydrogen (secondary N) is 1. The molecule has 0 radical (unpaired) electrons. The molecular formula is C13H22N2O5. The molecule has 7 heteroatoms. The van der Waals surface area contributed by atoms with Crippen LogP contribution in [-0.2, 0) is 14.3 Å². The molecule has 0 spiro atoms. The second kappa shape index (κ2) is 7.84. The van der Waals surface area contributed by atoms with E-state index < -0.39 is 17.9 Å². The Bertz CT molecular complexity index is 372. The number of nitrogens with zero attached hydrogens (tertiary/aromatic N) is 1. The number of aliphatic carboxylic acids is 1. The Morgan fingerprint density at radius 3 is 2.70 bits per heavy atom. The summed E-state index contributed by atoms with van der Waals surface area (Å²) in [5, 5.41) is 10.9. The summed E-state index contributed by atoms with van der Waals surface area (Å²) in [5.41, 5.74) is 0. The van der Waals surface area contributed by atoms with Gasteiger partial charge in [-0.15, -0.1) is 0 Å². The molecule has 1 aliphatic rings. The molecule has 3 amide bonds. The van der Waals surface area contributed by atoms with Gasteiger partial charge in [-0.1, -0.05) is 13.8 Å². The fraction of sp³-hybridized carbons (Fsp3) is 0.769. The number of carbonyl (C=O) groups is 3. The summed E-state index contributed by atoms with van der Waals surface area (Å²) in [7, 11) is 0. The smallest absolute Gasteiger partial charge is 0.324 e. The standard InChI is InChI=1S/C13H22N2O5/c1-3-10-8-15(4-5-20-10)13(19)14-11(16)6-9(2)7-12(17)18/h9-10H,3-8H2,1-2H3,(H,17,18)(H,14,16,19). The molecule has 1 rings (SSSR count). The highest BCUT2D eigenvalue weighted by atomic mass is 16.5. The molecule has 114 valence electrons. The summed E-state index contributed by atoms with van der Waals surface area (Å²) in [4.78, 5) is 35.6. The average molecular weight is 286 g/mol. The number of hydrogen-bond donors (Lipinski definition) is 2. The maximum absolute atomic E-state index is 11.9. The highest BCUT2D eigenvalue weighted by Gasteiger charge is 2.24. The third-order valence-corrected chi connectivity index (χ3v) is 3.18. The Labute approximate surface area is 118 Å². The lowest BCUT2D eigenvalue weighted by Gasteiger charge is -2.32. The summed E-state index contributed by atoms with van der Waals surface area (Å²) >= 11 is 0. The maximum Gasteiger partial charge on any atom is 0.324 e. The molecule has 2 unspecified atom stereocenters. The van der Waals surface area contributed by atoms with Crippen molar-refractivity contribution in [2.45, 2.75) is 39.2 Å². The number of carboxylic acids is 1. The number of imide groups is 1. The van der Waals surface area contributed by atoms with Gasteiger partial charge < -0.3 is 14.7 Å². The fourth-order valence-electron chi connectivity index (χ4n) is 2.09. The van der Waals surface area contributed by atoms with Gasteiger partial charge in [0.15, 0.2) is 0 Å². The molecule has 7 nitrogen and oxygen atoms in total. The van der Waals surface area contributed by atoms with Gasteiger partial charge >= 0.3 is 12.0 Å². The number of hydrogen-bond acceptors (Lipinski definition) is 4. The van der Waals surface area contributed by atoms with Crippen molar-refractivity contribution in [2.75, 3.05) is 19.7 Å². The van der Waals surface area contributed by atoms with Crippen LogP contribution < -0.4 is 5.32 Å². The molecule has 0 aromatic carbocycles. The number of rotatable bonds is 5. The van der Waals surface area contributed by atoms with E-state index in [1.807, 2.05) is 6.92 Å². The van der Waals surface area contributed by atoms with Crippen LogP contribution in [0.1, 0.15) is 33.1 Å². The molecule has 1 heterocycles. The largest absolute Gasteiger partial charge is 0.481 e. The van der Waals surface area contributed by atoms with Crippen molar-refractivity contribution in [3.8, 4) is 0 Å². The number of carbonyl (C=O) groups excluding carboxylic acids is 2. The average Bonchev–Trinajstić information content (AvgIpc) is 2.37. The van der Waals surface area contributed by atoms with Gasteiger partial charge in [0.05, 0.1) is 12.7 Å². The van der Waals surface area contributed by atoms with Crippen LogP contribution >= 0.6 is 0 Å². The predicted octanol–water partition coefficient (Wildman–Crippen LogP) is 0.834. The van der Waals surface area contributed by atoms with Gasteiger partial charge in [0, 0.05) is 25.9 Å². The molecule has 1 aliphatic heterocycles. The summed E-state index contributed by atoms with van der Waals surface area (Å²) in [6, 6.07) is -0.431. The van der Waals surface area contributed by atoms with E-state index in [2.05, 4.69) is 5.32 Å². The molecule has 0 aliphatic carbocycles. The van der Waals surface area contributed by atoms with Crippen molar-refractivity contribution in [1.82, 2.24) is 10.2 Å². The van der Waals surface area contributed by atoms with E-state index in [9.17, 15) is 14.4 Å². The van der Waals surface area contributed by atoms with Crippen molar-refractivity contribution < 1.29 is 24.2 Å². The number of amides is 3. The van der Waals surface area contributed by atoms with Crippen LogP contribution in [-0.4, -0.2) is 53.7 Å². The lowest BCUT2D eigenvalue weighted by atomic mass is 10.0. The van der Waals surface area contributed by atoms with Gasteiger partial charge in [-0.25, -0.2) is 4.79 Å². The maximum atomic E-state index is 11.9. The molecule has 20 heavy (non-hydrogen) atoms. The van der Waals surface area contributed by atoms with Gasteiger partial charge in [0.2, 0.25) is 5.91 Å². The van der Waals surface area contributed by atoms with E-state index in [-0.39, 0.29) is 24.9 Å². The third-order valence-electron chi connectivity index (χ3n) is 3.18. The third kappa shape index (κ3) is 5.56. The lowest BCUT2D eigenvalue weighted by molar-refractivity contribution is -0.138. The summed E-state index contributed by atoms with van der Waals surface area (Å²) in [6.07, 6.45) is 0.764. The molecular weight excluding hydrogens is 264 g/mol. The Morgan fingerprint density at radius 1 is 1.40 bits per heavy atom. The number of ether oxygens (including phenoxy) is 1. The molecule has 0 aromatic rings. The van der Waals surface area contributed by atoms with Crippen LogP contribution in [0.4, 0.5) is 4.79 Å². The predicted molar refractivity (Wildman–Crippen MR) is 71.2 cm³/mol. The van der Waals surface area contributed by atoms with Crippen molar-refractivity contribution >= 4 is 17.9 Å². The Hall–Kier alpha value is -1.63. The minimum Gasteiger partial charge on any atom is -0.481 e. The van der Waals surface area contributed by atoms with E-state index in [0.717, 1.165) is 6.42 Å². The summed E-state index contributed by atoms with van der Waals surface area (Å²) in [5.74, 6) is -1.69. The zero-order chi connectivity index (χ0) is 15.1. The number of urea groups is 1. The first kappa shape index (κ1) is 16.4. The van der Waals surface area contributed by atoms with Crippen molar-refractivity contribution in [2.24, 2.45) is 5.92 Å². The zero-order valence-electron chi connectivity index (χ0n) is 11.9. The zero-order valence-corrected chi connectivity index (χ0v) is 11.9. The topological polar surface area (TPSA) is 95.9 Å². The molecule has 1 fully saturated rings. The molecule has 0 aromatic heterocycles. The van der Waals surface area contributed by atoms with Crippen molar-refractivity contribution in [3.63, 3.8) is 0 Å². The summed E-state index contributed by atoms with van der Waals surface area (Å²) in [6.45, 7) is 5.04. The van der Waals surface area contributed by atoms with E-state index in [0.29, 0.717) is 19.7 Å². The summed E-state index contributed by atoms with van der Waals surface area (Å²) < 4.78 is 5.45. The molecule has 0 bridgehead atoms. The van der Waals surface area contributed by atoms with Crippen molar-refractivity contribution in [3.05, 3.63) is 0 Å². The van der Waals surface area contributed by atoms with Gasteiger partial charge in [0.1, 0.15) is 0 Å². The number of carboxylic acid groups (broad SMARTS) is 1. The normalized spacial score (nSPS) is 20.3. The monoisotopic (exact) mass is 286 g/mol. The highest BCUT2D eigenvalue weighted by molar-refractivity contribution is 5.94. The Kier molecular flexibility index (Phi) is 6.44. The van der Waals surface area contributed by atoms with Crippen LogP contribution in [0, 0.1) is 5.92 Å². The van der Waals surface area contributed by atoms with Crippen LogP contribution in [0.3, 0.4) is 0 Å². The molecule has 1 saturated heterocycles. The Morgan fingerprint density at radius 2 is 2.10 bits per heavy atom. The fourth-order valence-corrected chi connectivity index (χ4v) is 2.09. The SMILES string of the molecule is CCC1CN(C(=O)NC(=O)CC(C)CC(=O)O)CCO1. The van der Waals surface area contributed by atoms with Crippen LogP contribution in [0.5, 0.6) is 0 Å². The lowest BCUT2D eigenvalue weighted by Crippen LogP contribution is -2.50. The van der Waals surface area contributed by atoms with Gasteiger partial charge in [-0.3, -0.25) is 14.9 Å². The first-order valence-corrected chi connectivity index (χ1v) is 6.84. The van der Waals surface area contributed by atoms with Crippen molar-refractivity contribution in [1.29, 1.82) is 0 Å². The molecule has 2 atom stereocenters. The van der Waals surface area contributed by atoms with E-state index in [4.69, 9.17) is 9.84 Å². The minimum absolute atomic E-state index is 0.00976. The number of morpholine rings is 1.